The number of hydrogen-bond donors (Lipinski definition) is 0. The third-order valence-electron chi connectivity index (χ3n) is 4.83. The van der Waals surface area contributed by atoms with Gasteiger partial charge in [-0.2, -0.15) is 0 Å². The van der Waals surface area contributed by atoms with Crippen molar-refractivity contribution in [3.63, 3.8) is 0 Å². The van der Waals surface area contributed by atoms with Gasteiger partial charge in [-0.1, -0.05) is 66.7 Å². The minimum atomic E-state index is -0.770. The highest BCUT2D eigenvalue weighted by atomic mass is 16.6. The molecular weight excluding hydrogens is 396 g/mol. The predicted molar refractivity (Wildman–Crippen MR) is 115 cm³/mol. The SMILES string of the molecule is Cc1c(C(=O)OCC(=O)N(Cc2ccccc2)Cc2ccccc2)cccc1[N+](=O)[O-]. The van der Waals surface area contributed by atoms with Crippen LogP contribution in [0.2, 0.25) is 0 Å². The van der Waals surface area contributed by atoms with Gasteiger partial charge in [0, 0.05) is 24.7 Å². The van der Waals surface area contributed by atoms with Gasteiger partial charge in [0.15, 0.2) is 6.61 Å². The van der Waals surface area contributed by atoms with E-state index < -0.39 is 17.5 Å². The molecule has 3 aromatic rings. The molecule has 3 rings (SSSR count). The quantitative estimate of drug-likeness (QED) is 0.309. The van der Waals surface area contributed by atoms with Crippen LogP contribution in [-0.4, -0.2) is 28.3 Å². The van der Waals surface area contributed by atoms with Crippen molar-refractivity contribution in [3.8, 4) is 0 Å². The minimum absolute atomic E-state index is 0.0691. The zero-order valence-electron chi connectivity index (χ0n) is 17.1. The van der Waals surface area contributed by atoms with Gasteiger partial charge in [-0.25, -0.2) is 4.79 Å². The Bertz CT molecular complexity index is 1030. The van der Waals surface area contributed by atoms with Gasteiger partial charge in [0.25, 0.3) is 11.6 Å². The molecule has 0 spiro atoms. The monoisotopic (exact) mass is 418 g/mol. The van der Waals surface area contributed by atoms with Crippen LogP contribution in [0, 0.1) is 17.0 Å². The second kappa shape index (κ2) is 10.2. The van der Waals surface area contributed by atoms with Gasteiger partial charge in [0.05, 0.1) is 10.5 Å². The molecule has 0 bridgehead atoms. The van der Waals surface area contributed by atoms with E-state index in [1.807, 2.05) is 60.7 Å². The van der Waals surface area contributed by atoms with E-state index in [2.05, 4.69) is 0 Å². The van der Waals surface area contributed by atoms with Crippen molar-refractivity contribution in [2.24, 2.45) is 0 Å². The van der Waals surface area contributed by atoms with Crippen LogP contribution in [0.15, 0.2) is 78.9 Å². The first-order chi connectivity index (χ1) is 15.0. The van der Waals surface area contributed by atoms with Crippen molar-refractivity contribution in [1.82, 2.24) is 4.90 Å². The lowest BCUT2D eigenvalue weighted by Gasteiger charge is -2.23. The molecule has 0 fully saturated rings. The van der Waals surface area contributed by atoms with Crippen molar-refractivity contribution in [2.75, 3.05) is 6.61 Å². The smallest absolute Gasteiger partial charge is 0.339 e. The lowest BCUT2D eigenvalue weighted by molar-refractivity contribution is -0.385. The fourth-order valence-electron chi connectivity index (χ4n) is 3.18. The van der Waals surface area contributed by atoms with E-state index in [9.17, 15) is 19.7 Å². The van der Waals surface area contributed by atoms with Crippen molar-refractivity contribution >= 4 is 17.6 Å². The molecule has 7 nitrogen and oxygen atoms in total. The maximum atomic E-state index is 12.9. The number of carbonyl (C=O) groups is 2. The van der Waals surface area contributed by atoms with Crippen LogP contribution in [0.4, 0.5) is 5.69 Å². The fraction of sp³-hybridized carbons (Fsp3) is 0.167. The van der Waals surface area contributed by atoms with Crippen LogP contribution in [0.25, 0.3) is 0 Å². The van der Waals surface area contributed by atoms with Crippen LogP contribution in [-0.2, 0) is 22.6 Å². The standard InChI is InChI=1S/C24H22N2O5/c1-18-21(13-8-14-22(18)26(29)30)24(28)31-17-23(27)25(15-19-9-4-2-5-10-19)16-20-11-6-3-7-12-20/h2-14H,15-17H2,1H3. The Morgan fingerprint density at radius 2 is 1.42 bits per heavy atom. The summed E-state index contributed by atoms with van der Waals surface area (Å²) in [7, 11) is 0. The van der Waals surface area contributed by atoms with E-state index in [1.165, 1.54) is 25.1 Å². The molecule has 7 heteroatoms. The van der Waals surface area contributed by atoms with E-state index in [-0.39, 0.29) is 22.7 Å². The molecule has 0 saturated heterocycles. The summed E-state index contributed by atoms with van der Waals surface area (Å²) in [5.41, 5.74) is 2.01. The van der Waals surface area contributed by atoms with Crippen molar-refractivity contribution < 1.29 is 19.2 Å². The number of nitrogens with zero attached hydrogens (tertiary/aromatic N) is 2. The number of amides is 1. The molecule has 1 amide bonds. The Morgan fingerprint density at radius 3 is 1.94 bits per heavy atom. The zero-order chi connectivity index (χ0) is 22.2. The molecule has 0 N–H and O–H groups in total. The van der Waals surface area contributed by atoms with Crippen LogP contribution >= 0.6 is 0 Å². The number of rotatable bonds is 8. The normalized spacial score (nSPS) is 10.4. The molecule has 3 aromatic carbocycles. The fourth-order valence-corrected chi connectivity index (χ4v) is 3.18. The molecule has 0 unspecified atom stereocenters. The summed E-state index contributed by atoms with van der Waals surface area (Å²) < 4.78 is 5.21. The largest absolute Gasteiger partial charge is 0.452 e. The first kappa shape index (κ1) is 21.7. The lowest BCUT2D eigenvalue weighted by Crippen LogP contribution is -2.34. The lowest BCUT2D eigenvalue weighted by atomic mass is 10.1. The number of ether oxygens (including phenoxy) is 1. The summed E-state index contributed by atoms with van der Waals surface area (Å²) >= 11 is 0. The van der Waals surface area contributed by atoms with E-state index in [1.54, 1.807) is 4.90 Å². The molecule has 0 heterocycles. The van der Waals surface area contributed by atoms with Gasteiger partial charge in [-0.3, -0.25) is 14.9 Å². The molecular formula is C24H22N2O5. The Labute approximate surface area is 180 Å². The van der Waals surface area contributed by atoms with Crippen LogP contribution < -0.4 is 0 Å². The molecule has 0 radical (unpaired) electrons. The first-order valence-electron chi connectivity index (χ1n) is 9.72. The topological polar surface area (TPSA) is 89.8 Å². The van der Waals surface area contributed by atoms with Gasteiger partial charge < -0.3 is 9.64 Å². The van der Waals surface area contributed by atoms with Gasteiger partial charge in [-0.05, 0) is 24.1 Å². The van der Waals surface area contributed by atoms with Crippen LogP contribution in [0.3, 0.4) is 0 Å². The number of esters is 1. The molecule has 0 aromatic heterocycles. The second-order valence-electron chi connectivity index (χ2n) is 7.00. The number of hydrogen-bond acceptors (Lipinski definition) is 5. The Kier molecular flexibility index (Phi) is 7.11. The highest BCUT2D eigenvalue weighted by molar-refractivity contribution is 5.93. The van der Waals surface area contributed by atoms with E-state index in [0.29, 0.717) is 13.1 Å². The van der Waals surface area contributed by atoms with Crippen molar-refractivity contribution in [1.29, 1.82) is 0 Å². The Balaban J connectivity index is 1.72. The molecule has 31 heavy (non-hydrogen) atoms. The van der Waals surface area contributed by atoms with Gasteiger partial charge >= 0.3 is 5.97 Å². The van der Waals surface area contributed by atoms with Crippen molar-refractivity contribution in [3.05, 3.63) is 111 Å². The molecule has 0 atom stereocenters. The highest BCUT2D eigenvalue weighted by Gasteiger charge is 2.21. The summed E-state index contributed by atoms with van der Waals surface area (Å²) in [5.74, 6) is -1.13. The average Bonchev–Trinajstić information content (AvgIpc) is 2.78. The average molecular weight is 418 g/mol. The minimum Gasteiger partial charge on any atom is -0.452 e. The van der Waals surface area contributed by atoms with Gasteiger partial charge in [-0.15, -0.1) is 0 Å². The summed E-state index contributed by atoms with van der Waals surface area (Å²) in [6.45, 7) is 1.75. The predicted octanol–water partition coefficient (Wildman–Crippen LogP) is 4.29. The van der Waals surface area contributed by atoms with E-state index in [0.717, 1.165) is 11.1 Å². The van der Waals surface area contributed by atoms with E-state index >= 15 is 0 Å². The summed E-state index contributed by atoms with van der Waals surface area (Å²) in [6.07, 6.45) is 0. The maximum Gasteiger partial charge on any atom is 0.339 e. The third kappa shape index (κ3) is 5.76. The van der Waals surface area contributed by atoms with E-state index in [4.69, 9.17) is 4.74 Å². The van der Waals surface area contributed by atoms with Gasteiger partial charge in [0.1, 0.15) is 0 Å². The number of nitro groups is 1. The molecule has 0 aliphatic carbocycles. The molecule has 0 saturated carbocycles. The second-order valence-corrected chi connectivity index (χ2v) is 7.00. The number of carbonyl (C=O) groups excluding carboxylic acids is 2. The maximum absolute atomic E-state index is 12.9. The first-order valence-corrected chi connectivity index (χ1v) is 9.72. The van der Waals surface area contributed by atoms with Gasteiger partial charge in [0.2, 0.25) is 0 Å². The Morgan fingerprint density at radius 1 is 0.871 bits per heavy atom. The summed E-state index contributed by atoms with van der Waals surface area (Å²) in [4.78, 5) is 37.5. The summed E-state index contributed by atoms with van der Waals surface area (Å²) in [6, 6.07) is 23.2. The third-order valence-corrected chi connectivity index (χ3v) is 4.83. The van der Waals surface area contributed by atoms with Crippen molar-refractivity contribution in [2.45, 2.75) is 20.0 Å². The summed E-state index contributed by atoms with van der Waals surface area (Å²) in [5, 5.41) is 11.1. The zero-order valence-corrected chi connectivity index (χ0v) is 17.1. The highest BCUT2D eigenvalue weighted by Crippen LogP contribution is 2.21. The molecule has 0 aliphatic rings. The molecule has 158 valence electrons. The number of nitro benzene ring substituents is 1. The van der Waals surface area contributed by atoms with Crippen LogP contribution in [0.1, 0.15) is 27.0 Å². The molecule has 0 aliphatic heterocycles. The number of benzene rings is 3. The van der Waals surface area contributed by atoms with Crippen LogP contribution in [0.5, 0.6) is 0 Å². The Hall–Kier alpha value is -4.00.